The van der Waals surface area contributed by atoms with E-state index in [9.17, 15) is 0 Å². The Morgan fingerprint density at radius 2 is 1.12 bits per heavy atom. The van der Waals surface area contributed by atoms with Gasteiger partial charge in [0.15, 0.2) is 5.71 Å². The van der Waals surface area contributed by atoms with E-state index in [-0.39, 0.29) is 10.8 Å². The number of fused-ring (bicyclic) bond motifs is 6. The molecule has 0 fully saturated rings. The fourth-order valence-corrected chi connectivity index (χ4v) is 16.5. The quantitative estimate of drug-likeness (QED) is 0.0393. The molecular formula is C94H100N5O2+3. The maximum Gasteiger partial charge on any atom is 0.217 e. The van der Waals surface area contributed by atoms with Gasteiger partial charge in [-0.3, -0.25) is 4.90 Å². The van der Waals surface area contributed by atoms with Crippen LogP contribution in [0.5, 0.6) is 11.5 Å². The van der Waals surface area contributed by atoms with Crippen molar-refractivity contribution in [2.75, 3.05) is 50.2 Å². The molecule has 1 unspecified atom stereocenters. The molecule has 1 N–H and O–H groups in total. The van der Waals surface area contributed by atoms with Crippen molar-refractivity contribution in [2.45, 2.75) is 130 Å². The highest BCUT2D eigenvalue weighted by Crippen LogP contribution is 2.52. The van der Waals surface area contributed by atoms with Gasteiger partial charge in [0.05, 0.1) is 58.3 Å². The SMILES string of the molecule is CCCCOc1ccc2c3c(cccc13)C(/C=C/C=C/C=C1/c3cccc4c(OCCCC)ccc(c34)[NH+]1CCCC)=[N+]2CCCC.CN1/C(=C\C=C2/CCC(/C=C/C3=[N+](C)c4c(ccc5ccccc45)C3(C)C)=C2N(c2ccccc2)c2ccccc2)C(C)(C)c2ccc3ccccc3c21. The number of ether oxygens (including phenoxy) is 2. The first kappa shape index (κ1) is 68.1. The molecule has 0 spiro atoms. The van der Waals surface area contributed by atoms with Gasteiger partial charge in [-0.25, -0.2) is 0 Å². The van der Waals surface area contributed by atoms with Crippen LogP contribution in [0.3, 0.4) is 0 Å². The van der Waals surface area contributed by atoms with Crippen molar-refractivity contribution in [3.05, 3.63) is 294 Å². The zero-order valence-electron chi connectivity index (χ0n) is 61.2. The zero-order chi connectivity index (χ0) is 69.8. The number of unbranched alkanes of at least 4 members (excludes halogenated alkanes) is 4. The summed E-state index contributed by atoms with van der Waals surface area (Å²) in [5, 5.41) is 10.3. The van der Waals surface area contributed by atoms with Gasteiger partial charge in [0.25, 0.3) is 0 Å². The van der Waals surface area contributed by atoms with E-state index in [1.54, 1.807) is 0 Å². The van der Waals surface area contributed by atoms with Gasteiger partial charge in [0, 0.05) is 93.6 Å². The third-order valence-electron chi connectivity index (χ3n) is 21.8. The first-order valence-electron chi connectivity index (χ1n) is 37.4. The first-order valence-corrected chi connectivity index (χ1v) is 37.4. The van der Waals surface area contributed by atoms with Crippen LogP contribution in [0.4, 0.5) is 34.1 Å². The molecule has 1 aliphatic carbocycles. The summed E-state index contributed by atoms with van der Waals surface area (Å²) in [5.41, 5.74) is 21.9. The molecule has 510 valence electrons. The average molecular weight is 1330 g/mol. The Labute approximate surface area is 600 Å². The van der Waals surface area contributed by atoms with Gasteiger partial charge in [-0.05, 0) is 134 Å². The monoisotopic (exact) mass is 1330 g/mol. The fourth-order valence-electron chi connectivity index (χ4n) is 16.5. The van der Waals surface area contributed by atoms with Gasteiger partial charge >= 0.3 is 0 Å². The number of hydrogen-bond acceptors (Lipinski definition) is 4. The lowest BCUT2D eigenvalue weighted by Gasteiger charge is -2.29. The minimum absolute atomic E-state index is 0.136. The number of rotatable bonds is 23. The summed E-state index contributed by atoms with van der Waals surface area (Å²) >= 11 is 0. The molecular weight excluding hydrogens is 1230 g/mol. The summed E-state index contributed by atoms with van der Waals surface area (Å²) in [5.74, 6) is 2.00. The molecule has 5 aliphatic rings. The Morgan fingerprint density at radius 3 is 1.80 bits per heavy atom. The minimum atomic E-state index is -0.136. The van der Waals surface area contributed by atoms with Crippen LogP contribution in [0.2, 0.25) is 0 Å². The number of nitrogens with one attached hydrogen (secondary N) is 1. The van der Waals surface area contributed by atoms with Crippen LogP contribution in [0.25, 0.3) is 48.8 Å². The third-order valence-corrected chi connectivity index (χ3v) is 21.8. The summed E-state index contributed by atoms with van der Waals surface area (Å²) in [6.45, 7) is 22.0. The predicted molar refractivity (Wildman–Crippen MR) is 429 cm³/mol. The lowest BCUT2D eigenvalue weighted by Crippen LogP contribution is -3.03. The van der Waals surface area contributed by atoms with E-state index in [0.29, 0.717) is 0 Å². The Bertz CT molecular complexity index is 5050. The van der Waals surface area contributed by atoms with Crippen molar-refractivity contribution >= 4 is 94.3 Å². The van der Waals surface area contributed by atoms with E-state index < -0.39 is 0 Å². The molecule has 15 rings (SSSR count). The molecule has 4 heterocycles. The van der Waals surface area contributed by atoms with Crippen molar-refractivity contribution in [2.24, 2.45) is 0 Å². The highest BCUT2D eigenvalue weighted by atomic mass is 16.5. The molecule has 0 radical (unpaired) electrons. The summed E-state index contributed by atoms with van der Waals surface area (Å²) in [4.78, 5) is 6.36. The van der Waals surface area contributed by atoms with Gasteiger partial charge in [0.2, 0.25) is 17.1 Å². The molecule has 10 aromatic carbocycles. The van der Waals surface area contributed by atoms with Gasteiger partial charge in [-0.2, -0.15) is 9.15 Å². The van der Waals surface area contributed by atoms with Crippen LogP contribution in [-0.2, 0) is 10.8 Å². The average Bonchev–Trinajstić information content (AvgIpc) is 1.60. The van der Waals surface area contributed by atoms with Crippen molar-refractivity contribution in [3.8, 4) is 11.5 Å². The highest BCUT2D eigenvalue weighted by molar-refractivity contribution is 6.20. The van der Waals surface area contributed by atoms with E-state index in [1.807, 2.05) is 0 Å². The lowest BCUT2D eigenvalue weighted by molar-refractivity contribution is -0.749. The van der Waals surface area contributed by atoms with E-state index in [1.165, 1.54) is 145 Å². The number of nitrogens with zero attached hydrogens (tertiary/aromatic N) is 4. The van der Waals surface area contributed by atoms with E-state index >= 15 is 0 Å². The van der Waals surface area contributed by atoms with Crippen LogP contribution in [0.15, 0.2) is 271 Å². The Balaban J connectivity index is 0.000000173. The minimum Gasteiger partial charge on any atom is -0.493 e. The van der Waals surface area contributed by atoms with Crippen molar-refractivity contribution in [3.63, 3.8) is 0 Å². The Kier molecular flexibility index (Phi) is 20.0. The van der Waals surface area contributed by atoms with Gasteiger partial charge in [0.1, 0.15) is 36.5 Å². The van der Waals surface area contributed by atoms with E-state index in [0.717, 1.165) is 101 Å². The maximum absolute atomic E-state index is 6.25. The molecule has 10 aromatic rings. The number of para-hydroxylation sites is 2. The topological polar surface area (TPSA) is 35.4 Å². The zero-order valence-corrected chi connectivity index (χ0v) is 61.2. The van der Waals surface area contributed by atoms with Crippen molar-refractivity contribution in [1.82, 2.24) is 0 Å². The number of benzene rings is 10. The van der Waals surface area contributed by atoms with Crippen LogP contribution >= 0.6 is 0 Å². The summed E-state index contributed by atoms with van der Waals surface area (Å²) in [7, 11) is 4.48. The Morgan fingerprint density at radius 1 is 0.515 bits per heavy atom. The van der Waals surface area contributed by atoms with E-state index in [2.05, 4.69) is 337 Å². The molecule has 0 saturated carbocycles. The molecule has 1 atom stereocenters. The normalized spacial score (nSPS) is 17.7. The van der Waals surface area contributed by atoms with E-state index in [4.69, 9.17) is 9.47 Å². The Hall–Kier alpha value is -10.1. The second kappa shape index (κ2) is 29.6. The fraction of sp³-hybridized carbons (Fsp3) is 0.277. The smallest absolute Gasteiger partial charge is 0.217 e. The standard InChI is InChI=1S/C51H48N3.C43H51N2O2/c1-50(2)43-31-27-35-17-13-15-23-41(35)48(43)52(5)45(50)33-29-37-25-26-38(47(37)54(39-19-9-7-10-20-39)40-21-11-8-12-22-40)30-34-46-51(3,4)44-32-28-36-18-14-16-24-42(36)49(44)53(46)6;1-5-9-28-44-36(32-18-16-20-34-40(46-30-11-7-3)26-24-38(44)42(32)34)22-14-13-15-23-37-33-19-17-21-35-41(47-31-12-8-4)27-25-39(43(33)35)45(37)29-10-6-2/h7-24,27-34H,25-26H2,1-6H3;13-27H,5-12,28-31H2,1-4H3/q2*+1/p+1. The van der Waals surface area contributed by atoms with Gasteiger partial charge in [-0.15, -0.1) is 0 Å². The molecule has 4 aliphatic heterocycles. The van der Waals surface area contributed by atoms with Crippen molar-refractivity contribution in [1.29, 1.82) is 0 Å². The van der Waals surface area contributed by atoms with Gasteiger partial charge < -0.3 is 19.3 Å². The van der Waals surface area contributed by atoms with Crippen LogP contribution in [0, 0.1) is 0 Å². The molecule has 0 aromatic heterocycles. The maximum atomic E-state index is 6.25. The largest absolute Gasteiger partial charge is 0.493 e. The lowest BCUT2D eigenvalue weighted by atomic mass is 9.80. The second-order valence-corrected chi connectivity index (χ2v) is 28.9. The second-order valence-electron chi connectivity index (χ2n) is 28.9. The molecule has 7 heteroatoms. The third kappa shape index (κ3) is 12.8. The molecule has 0 amide bonds. The summed E-state index contributed by atoms with van der Waals surface area (Å²) in [6.07, 6.45) is 31.9. The van der Waals surface area contributed by atoms with Crippen LogP contribution < -0.4 is 24.2 Å². The van der Waals surface area contributed by atoms with Crippen LogP contribution in [0.1, 0.15) is 142 Å². The number of allylic oxidation sites excluding steroid dienone is 12. The van der Waals surface area contributed by atoms with Gasteiger partial charge in [-0.1, -0.05) is 225 Å². The first-order chi connectivity index (χ1) is 49.4. The summed E-state index contributed by atoms with van der Waals surface area (Å²) < 4.78 is 17.4. The van der Waals surface area contributed by atoms with Crippen LogP contribution in [-0.4, -0.2) is 61.0 Å². The number of quaternary nitrogens is 1. The molecule has 101 heavy (non-hydrogen) atoms. The number of anilines is 3. The predicted octanol–water partition coefficient (Wildman–Crippen LogP) is 22.8. The summed E-state index contributed by atoms with van der Waals surface area (Å²) in [6, 6.07) is 70.7. The molecule has 0 bridgehead atoms. The molecule has 0 saturated heterocycles. The highest BCUT2D eigenvalue weighted by Gasteiger charge is 2.45. The number of hydrogen-bond donors (Lipinski definition) is 1. The number of likely N-dealkylation sites (N-methyl/N-ethyl adjacent to an activating group) is 1. The van der Waals surface area contributed by atoms with Crippen molar-refractivity contribution < 1.29 is 23.5 Å². The molecule has 7 nitrogen and oxygen atoms in total.